The lowest BCUT2D eigenvalue weighted by Gasteiger charge is -2.10. The minimum atomic E-state index is -0.0867. The Morgan fingerprint density at radius 2 is 2.23 bits per heavy atom. The quantitative estimate of drug-likeness (QED) is 0.789. The summed E-state index contributed by atoms with van der Waals surface area (Å²) in [5, 5.41) is 2.98. The molecule has 0 fully saturated rings. The van der Waals surface area contributed by atoms with Crippen molar-refractivity contribution in [2.45, 2.75) is 19.8 Å². The van der Waals surface area contributed by atoms with Gasteiger partial charge in [-0.15, -0.1) is 0 Å². The highest BCUT2D eigenvalue weighted by molar-refractivity contribution is 5.95. The maximum Gasteiger partial charge on any atom is 0.270 e. The molecule has 0 aliphatic carbocycles. The normalized spacial score (nSPS) is 11.1. The number of pyridine rings is 1. The van der Waals surface area contributed by atoms with Gasteiger partial charge in [-0.25, -0.2) is 4.98 Å². The Labute approximate surface area is 131 Å². The number of aryl methyl sites for hydroxylation is 1. The zero-order valence-corrected chi connectivity index (χ0v) is 13.7. The van der Waals surface area contributed by atoms with Crippen molar-refractivity contribution in [3.63, 3.8) is 0 Å². The first kappa shape index (κ1) is 16.3. The van der Waals surface area contributed by atoms with Crippen LogP contribution in [0.1, 0.15) is 29.5 Å². The molecule has 0 saturated carbocycles. The lowest BCUT2D eigenvalue weighted by Crippen LogP contribution is -2.28. The molecule has 0 aromatic carbocycles. The first-order valence-electron chi connectivity index (χ1n) is 7.55. The Morgan fingerprint density at radius 3 is 2.86 bits per heavy atom. The Balaban J connectivity index is 2.24. The standard InChI is InChI=1S/C16H24N4O2/c1-5-12-14(16(21)17-9-7-10-19(2)3)20-11-6-8-13(22-4)15(20)18-12/h6,8,11H,5,7,9-10H2,1-4H3,(H,17,21). The minimum Gasteiger partial charge on any atom is -0.493 e. The van der Waals surface area contributed by atoms with Gasteiger partial charge in [0.1, 0.15) is 5.69 Å². The molecule has 0 spiro atoms. The van der Waals surface area contributed by atoms with Crippen molar-refractivity contribution >= 4 is 11.6 Å². The van der Waals surface area contributed by atoms with E-state index in [9.17, 15) is 4.79 Å². The molecular formula is C16H24N4O2. The van der Waals surface area contributed by atoms with Gasteiger partial charge in [-0.1, -0.05) is 6.92 Å². The van der Waals surface area contributed by atoms with E-state index in [1.165, 1.54) is 0 Å². The number of carbonyl (C=O) groups is 1. The number of methoxy groups -OCH3 is 1. The van der Waals surface area contributed by atoms with Crippen LogP contribution in [-0.2, 0) is 6.42 Å². The maximum atomic E-state index is 12.5. The van der Waals surface area contributed by atoms with Gasteiger partial charge in [0.25, 0.3) is 5.91 Å². The third-order valence-corrected chi connectivity index (χ3v) is 3.52. The Morgan fingerprint density at radius 1 is 1.45 bits per heavy atom. The summed E-state index contributed by atoms with van der Waals surface area (Å²) in [6.07, 6.45) is 3.46. The lowest BCUT2D eigenvalue weighted by molar-refractivity contribution is 0.0945. The van der Waals surface area contributed by atoms with Crippen LogP contribution in [0.5, 0.6) is 5.75 Å². The monoisotopic (exact) mass is 304 g/mol. The molecule has 1 amide bonds. The number of aromatic nitrogens is 2. The molecule has 120 valence electrons. The van der Waals surface area contributed by atoms with E-state index < -0.39 is 0 Å². The second kappa shape index (κ2) is 7.26. The zero-order valence-electron chi connectivity index (χ0n) is 13.7. The summed E-state index contributed by atoms with van der Waals surface area (Å²) in [7, 11) is 5.65. The van der Waals surface area contributed by atoms with Crippen LogP contribution in [0.15, 0.2) is 18.3 Å². The third-order valence-electron chi connectivity index (χ3n) is 3.52. The predicted molar refractivity (Wildman–Crippen MR) is 86.6 cm³/mol. The SMILES string of the molecule is CCc1nc2c(OC)cccn2c1C(=O)NCCCN(C)C. The molecule has 6 nitrogen and oxygen atoms in total. The molecule has 2 aromatic heterocycles. The fourth-order valence-corrected chi connectivity index (χ4v) is 2.42. The van der Waals surface area contributed by atoms with E-state index in [2.05, 4.69) is 15.2 Å². The van der Waals surface area contributed by atoms with Gasteiger partial charge in [-0.05, 0) is 45.6 Å². The van der Waals surface area contributed by atoms with Crippen molar-refractivity contribution in [1.82, 2.24) is 19.6 Å². The first-order valence-corrected chi connectivity index (χ1v) is 7.55. The number of amides is 1. The molecule has 0 radical (unpaired) electrons. The largest absolute Gasteiger partial charge is 0.493 e. The smallest absolute Gasteiger partial charge is 0.270 e. The number of carbonyl (C=O) groups excluding carboxylic acids is 1. The molecule has 2 aromatic rings. The molecule has 2 heterocycles. The lowest BCUT2D eigenvalue weighted by atomic mass is 10.2. The number of nitrogens with zero attached hydrogens (tertiary/aromatic N) is 3. The van der Waals surface area contributed by atoms with Crippen LogP contribution in [0, 0.1) is 0 Å². The van der Waals surface area contributed by atoms with E-state index in [1.54, 1.807) is 11.5 Å². The average molecular weight is 304 g/mol. The summed E-state index contributed by atoms with van der Waals surface area (Å²) < 4.78 is 7.13. The van der Waals surface area contributed by atoms with Crippen molar-refractivity contribution in [2.75, 3.05) is 34.3 Å². The summed E-state index contributed by atoms with van der Waals surface area (Å²) in [6.45, 7) is 3.59. The van der Waals surface area contributed by atoms with Crippen molar-refractivity contribution in [3.05, 3.63) is 29.7 Å². The molecule has 0 aliphatic rings. The number of nitrogens with one attached hydrogen (secondary N) is 1. The fourth-order valence-electron chi connectivity index (χ4n) is 2.42. The molecule has 2 rings (SSSR count). The van der Waals surface area contributed by atoms with Crippen molar-refractivity contribution in [1.29, 1.82) is 0 Å². The molecule has 0 saturated heterocycles. The van der Waals surface area contributed by atoms with Crippen LogP contribution >= 0.6 is 0 Å². The predicted octanol–water partition coefficient (Wildman–Crippen LogP) is 1.59. The Bertz CT molecular complexity index is 649. The highest BCUT2D eigenvalue weighted by Crippen LogP contribution is 2.22. The maximum absolute atomic E-state index is 12.5. The van der Waals surface area contributed by atoms with E-state index in [-0.39, 0.29) is 5.91 Å². The summed E-state index contributed by atoms with van der Waals surface area (Å²) in [6, 6.07) is 3.70. The Hall–Kier alpha value is -2.08. The molecule has 0 atom stereocenters. The number of rotatable bonds is 7. The molecule has 0 unspecified atom stereocenters. The second-order valence-corrected chi connectivity index (χ2v) is 5.44. The van der Waals surface area contributed by atoms with E-state index in [1.807, 2.05) is 39.3 Å². The van der Waals surface area contributed by atoms with Gasteiger partial charge in [-0.2, -0.15) is 0 Å². The topological polar surface area (TPSA) is 58.9 Å². The first-order chi connectivity index (χ1) is 10.6. The van der Waals surface area contributed by atoms with Gasteiger partial charge in [0.15, 0.2) is 11.4 Å². The number of hydrogen-bond donors (Lipinski definition) is 1. The van der Waals surface area contributed by atoms with Gasteiger partial charge in [-0.3, -0.25) is 9.20 Å². The van der Waals surface area contributed by atoms with E-state index in [4.69, 9.17) is 4.74 Å². The summed E-state index contributed by atoms with van der Waals surface area (Å²) >= 11 is 0. The van der Waals surface area contributed by atoms with Gasteiger partial charge < -0.3 is 15.0 Å². The van der Waals surface area contributed by atoms with Crippen molar-refractivity contribution in [3.8, 4) is 5.75 Å². The third kappa shape index (κ3) is 3.39. The number of fused-ring (bicyclic) bond motifs is 1. The zero-order chi connectivity index (χ0) is 16.1. The van der Waals surface area contributed by atoms with Crippen LogP contribution in [0.4, 0.5) is 0 Å². The van der Waals surface area contributed by atoms with Gasteiger partial charge in [0.05, 0.1) is 12.8 Å². The van der Waals surface area contributed by atoms with Crippen molar-refractivity contribution < 1.29 is 9.53 Å². The van der Waals surface area contributed by atoms with Crippen LogP contribution in [0.2, 0.25) is 0 Å². The van der Waals surface area contributed by atoms with E-state index >= 15 is 0 Å². The molecule has 1 N–H and O–H groups in total. The van der Waals surface area contributed by atoms with Crippen LogP contribution in [0.3, 0.4) is 0 Å². The molecule has 0 bridgehead atoms. The molecule has 22 heavy (non-hydrogen) atoms. The highest BCUT2D eigenvalue weighted by Gasteiger charge is 2.19. The summed E-state index contributed by atoms with van der Waals surface area (Å²) in [5.74, 6) is 0.584. The van der Waals surface area contributed by atoms with Crippen LogP contribution in [-0.4, -0.2) is 54.5 Å². The van der Waals surface area contributed by atoms with Crippen LogP contribution < -0.4 is 10.1 Å². The summed E-state index contributed by atoms with van der Waals surface area (Å²) in [5.41, 5.74) is 2.07. The van der Waals surface area contributed by atoms with E-state index in [0.29, 0.717) is 30.1 Å². The fraction of sp³-hybridized carbons (Fsp3) is 0.500. The molecular weight excluding hydrogens is 280 g/mol. The number of hydrogen-bond acceptors (Lipinski definition) is 4. The Kier molecular flexibility index (Phi) is 5.38. The average Bonchev–Trinajstić information content (AvgIpc) is 2.89. The van der Waals surface area contributed by atoms with E-state index in [0.717, 1.165) is 18.7 Å². The number of imidazole rings is 1. The van der Waals surface area contributed by atoms with Gasteiger partial charge in [0, 0.05) is 12.7 Å². The second-order valence-electron chi connectivity index (χ2n) is 5.44. The van der Waals surface area contributed by atoms with Crippen LogP contribution in [0.25, 0.3) is 5.65 Å². The van der Waals surface area contributed by atoms with Gasteiger partial charge >= 0.3 is 0 Å². The van der Waals surface area contributed by atoms with Crippen molar-refractivity contribution in [2.24, 2.45) is 0 Å². The van der Waals surface area contributed by atoms with Gasteiger partial charge in [0.2, 0.25) is 0 Å². The highest BCUT2D eigenvalue weighted by atomic mass is 16.5. The summed E-state index contributed by atoms with van der Waals surface area (Å²) in [4.78, 5) is 19.2. The minimum absolute atomic E-state index is 0.0867. The number of ether oxygens (including phenoxy) is 1. The molecule has 6 heteroatoms. The molecule has 0 aliphatic heterocycles.